The summed E-state index contributed by atoms with van der Waals surface area (Å²) in [5, 5.41) is 10.8. The minimum atomic E-state index is -0.276. The minimum absolute atomic E-state index is 0.276. The van der Waals surface area contributed by atoms with Gasteiger partial charge in [-0.1, -0.05) is 0 Å². The monoisotopic (exact) mass is 320 g/mol. The molecule has 2 unspecified atom stereocenters. The van der Waals surface area contributed by atoms with E-state index in [0.29, 0.717) is 6.04 Å². The van der Waals surface area contributed by atoms with Crippen LogP contribution in [0.5, 0.6) is 0 Å². The highest BCUT2D eigenvalue weighted by molar-refractivity contribution is 7.18. The zero-order valence-electron chi connectivity index (χ0n) is 13.7. The fraction of sp³-hybridized carbons (Fsp3) is 0.625. The lowest BCUT2D eigenvalue weighted by Crippen LogP contribution is -2.53. The molecule has 1 aliphatic rings. The molecule has 1 fully saturated rings. The van der Waals surface area contributed by atoms with Gasteiger partial charge in [0.25, 0.3) is 0 Å². The van der Waals surface area contributed by atoms with Gasteiger partial charge in [0.15, 0.2) is 0 Å². The van der Waals surface area contributed by atoms with Crippen molar-refractivity contribution in [2.45, 2.75) is 39.8 Å². The standard InChI is InChI=1S/C16H24N4OS/c1-10-7-20(6-5-19(10)8-11(2)21)15-14-12(3)13(4)22-16(14)18-9-17-15/h9-11,21H,5-8H2,1-4H3. The summed E-state index contributed by atoms with van der Waals surface area (Å²) in [5.74, 6) is 1.07. The number of anilines is 1. The smallest absolute Gasteiger partial charge is 0.141 e. The second kappa shape index (κ2) is 6.10. The molecule has 0 bridgehead atoms. The Hall–Kier alpha value is -1.24. The quantitative estimate of drug-likeness (QED) is 0.939. The Morgan fingerprint density at radius 3 is 2.82 bits per heavy atom. The van der Waals surface area contributed by atoms with Crippen molar-refractivity contribution in [3.63, 3.8) is 0 Å². The zero-order valence-corrected chi connectivity index (χ0v) is 14.5. The first-order valence-corrected chi connectivity index (χ1v) is 8.66. The number of piperazine rings is 1. The van der Waals surface area contributed by atoms with Crippen molar-refractivity contribution < 1.29 is 5.11 Å². The van der Waals surface area contributed by atoms with Gasteiger partial charge in [0.2, 0.25) is 0 Å². The van der Waals surface area contributed by atoms with E-state index in [1.165, 1.54) is 15.8 Å². The van der Waals surface area contributed by atoms with Crippen molar-refractivity contribution >= 4 is 27.4 Å². The number of aryl methyl sites for hydroxylation is 2. The van der Waals surface area contributed by atoms with E-state index in [0.717, 1.165) is 36.8 Å². The van der Waals surface area contributed by atoms with Crippen LogP contribution in [0.1, 0.15) is 24.3 Å². The molecule has 1 aliphatic heterocycles. The van der Waals surface area contributed by atoms with Gasteiger partial charge in [-0.05, 0) is 33.3 Å². The van der Waals surface area contributed by atoms with Crippen molar-refractivity contribution in [1.82, 2.24) is 14.9 Å². The maximum absolute atomic E-state index is 9.61. The minimum Gasteiger partial charge on any atom is -0.392 e. The molecule has 2 aromatic rings. The van der Waals surface area contributed by atoms with Crippen molar-refractivity contribution in [3.05, 3.63) is 16.8 Å². The van der Waals surface area contributed by atoms with Crippen LogP contribution in [0, 0.1) is 13.8 Å². The molecule has 0 aliphatic carbocycles. The van der Waals surface area contributed by atoms with Crippen LogP contribution in [-0.4, -0.2) is 58.3 Å². The van der Waals surface area contributed by atoms with E-state index in [1.807, 2.05) is 6.92 Å². The molecule has 0 radical (unpaired) electrons. The number of hydrogen-bond acceptors (Lipinski definition) is 6. The predicted molar refractivity (Wildman–Crippen MR) is 91.8 cm³/mol. The van der Waals surface area contributed by atoms with Crippen LogP contribution in [0.25, 0.3) is 10.2 Å². The Bertz CT molecular complexity index is 669. The molecule has 0 saturated carbocycles. The van der Waals surface area contributed by atoms with Crippen LogP contribution < -0.4 is 4.90 Å². The van der Waals surface area contributed by atoms with Crippen molar-refractivity contribution in [1.29, 1.82) is 0 Å². The van der Waals surface area contributed by atoms with E-state index in [2.05, 4.69) is 40.5 Å². The molecule has 5 nitrogen and oxygen atoms in total. The Kier molecular flexibility index (Phi) is 4.34. The van der Waals surface area contributed by atoms with Crippen LogP contribution >= 0.6 is 11.3 Å². The lowest BCUT2D eigenvalue weighted by atomic mass is 10.1. The molecule has 22 heavy (non-hydrogen) atoms. The third-order valence-electron chi connectivity index (χ3n) is 4.51. The van der Waals surface area contributed by atoms with Crippen molar-refractivity contribution in [3.8, 4) is 0 Å². The molecule has 0 aromatic carbocycles. The summed E-state index contributed by atoms with van der Waals surface area (Å²) in [6.07, 6.45) is 1.40. The molecule has 2 aromatic heterocycles. The van der Waals surface area contributed by atoms with E-state index in [-0.39, 0.29) is 6.10 Å². The SMILES string of the molecule is Cc1sc2ncnc(N3CCN(CC(C)O)C(C)C3)c2c1C. The Morgan fingerprint density at radius 1 is 1.36 bits per heavy atom. The normalized spacial score (nSPS) is 21.5. The maximum atomic E-state index is 9.61. The Labute approximate surface area is 135 Å². The fourth-order valence-corrected chi connectivity index (χ4v) is 4.19. The van der Waals surface area contributed by atoms with Crippen molar-refractivity contribution in [2.24, 2.45) is 0 Å². The van der Waals surface area contributed by atoms with E-state index in [4.69, 9.17) is 0 Å². The summed E-state index contributed by atoms with van der Waals surface area (Å²) in [4.78, 5) is 16.1. The molecule has 2 atom stereocenters. The molecular weight excluding hydrogens is 296 g/mol. The topological polar surface area (TPSA) is 52.5 Å². The summed E-state index contributed by atoms with van der Waals surface area (Å²) in [7, 11) is 0. The van der Waals surface area contributed by atoms with Gasteiger partial charge < -0.3 is 10.0 Å². The van der Waals surface area contributed by atoms with E-state index < -0.39 is 0 Å². The number of aliphatic hydroxyl groups excluding tert-OH is 1. The number of aromatic nitrogens is 2. The second-order valence-corrected chi connectivity index (χ2v) is 7.50. The van der Waals surface area contributed by atoms with Gasteiger partial charge in [-0.25, -0.2) is 9.97 Å². The number of thiophene rings is 1. The first-order valence-electron chi connectivity index (χ1n) is 7.85. The predicted octanol–water partition coefficient (Wildman–Crippen LogP) is 2.20. The van der Waals surface area contributed by atoms with Gasteiger partial charge in [-0.2, -0.15) is 0 Å². The third kappa shape index (κ3) is 2.83. The summed E-state index contributed by atoms with van der Waals surface area (Å²) >= 11 is 1.75. The van der Waals surface area contributed by atoms with Gasteiger partial charge in [0.05, 0.1) is 11.5 Å². The lowest BCUT2D eigenvalue weighted by molar-refractivity contribution is 0.0959. The third-order valence-corrected chi connectivity index (χ3v) is 5.62. The van der Waals surface area contributed by atoms with Crippen LogP contribution in [0.2, 0.25) is 0 Å². The van der Waals surface area contributed by atoms with Crippen LogP contribution in [-0.2, 0) is 0 Å². The number of rotatable bonds is 3. The highest BCUT2D eigenvalue weighted by atomic mass is 32.1. The molecule has 3 rings (SSSR count). The summed E-state index contributed by atoms with van der Waals surface area (Å²) in [6, 6.07) is 0.411. The van der Waals surface area contributed by atoms with Crippen molar-refractivity contribution in [2.75, 3.05) is 31.1 Å². The highest BCUT2D eigenvalue weighted by Crippen LogP contribution is 2.34. The number of aliphatic hydroxyl groups is 1. The van der Waals surface area contributed by atoms with E-state index in [1.54, 1.807) is 17.7 Å². The van der Waals surface area contributed by atoms with Gasteiger partial charge in [-0.15, -0.1) is 11.3 Å². The number of nitrogens with zero attached hydrogens (tertiary/aromatic N) is 4. The fourth-order valence-electron chi connectivity index (χ4n) is 3.20. The van der Waals surface area contributed by atoms with Gasteiger partial charge in [-0.3, -0.25) is 4.90 Å². The average Bonchev–Trinajstić information content (AvgIpc) is 2.76. The van der Waals surface area contributed by atoms with Crippen LogP contribution in [0.3, 0.4) is 0 Å². The van der Waals surface area contributed by atoms with Gasteiger partial charge in [0.1, 0.15) is 17.0 Å². The summed E-state index contributed by atoms with van der Waals surface area (Å²) < 4.78 is 0. The van der Waals surface area contributed by atoms with E-state index >= 15 is 0 Å². The Morgan fingerprint density at radius 2 is 2.14 bits per heavy atom. The molecule has 0 amide bonds. The van der Waals surface area contributed by atoms with E-state index in [9.17, 15) is 5.11 Å². The lowest BCUT2D eigenvalue weighted by Gasteiger charge is -2.41. The van der Waals surface area contributed by atoms with Crippen LogP contribution in [0.4, 0.5) is 5.82 Å². The number of hydrogen-bond donors (Lipinski definition) is 1. The average molecular weight is 320 g/mol. The molecule has 6 heteroatoms. The number of fused-ring (bicyclic) bond motifs is 1. The number of β-amino-alcohol motifs (C(OH)–C–C–N with tert-alkyl or cyclic N) is 1. The molecule has 120 valence electrons. The summed E-state index contributed by atoms with van der Waals surface area (Å²) in [5.41, 5.74) is 1.30. The molecule has 3 heterocycles. The summed E-state index contributed by atoms with van der Waals surface area (Å²) in [6.45, 7) is 12.0. The van der Waals surface area contributed by atoms with Gasteiger partial charge >= 0.3 is 0 Å². The Balaban J connectivity index is 1.87. The van der Waals surface area contributed by atoms with Crippen LogP contribution in [0.15, 0.2) is 6.33 Å². The molecule has 0 spiro atoms. The first kappa shape index (κ1) is 15.6. The largest absolute Gasteiger partial charge is 0.392 e. The zero-order chi connectivity index (χ0) is 15.9. The highest BCUT2D eigenvalue weighted by Gasteiger charge is 2.27. The van der Waals surface area contributed by atoms with Gasteiger partial charge in [0, 0.05) is 37.1 Å². The second-order valence-electron chi connectivity index (χ2n) is 6.30. The molecule has 1 saturated heterocycles. The maximum Gasteiger partial charge on any atom is 0.141 e. The molecule has 1 N–H and O–H groups in total. The first-order chi connectivity index (χ1) is 10.5. The molecular formula is C16H24N4OS.